The molecule has 2 fully saturated rings. The summed E-state index contributed by atoms with van der Waals surface area (Å²) in [4.78, 5) is 17.2. The van der Waals surface area contributed by atoms with Gasteiger partial charge in [0.05, 0.1) is 20.3 Å². The normalized spacial score (nSPS) is 23.3. The van der Waals surface area contributed by atoms with Crippen molar-refractivity contribution >= 4 is 17.7 Å². The Kier molecular flexibility index (Phi) is 6.25. The summed E-state index contributed by atoms with van der Waals surface area (Å²) in [7, 11) is 1.76. The van der Waals surface area contributed by atoms with Crippen LogP contribution in [0.4, 0.5) is 0 Å². The van der Waals surface area contributed by atoms with Crippen LogP contribution in [0.25, 0.3) is 0 Å². The molecule has 1 atom stereocenters. The second kappa shape index (κ2) is 8.84. The number of morpholine rings is 1. The summed E-state index contributed by atoms with van der Waals surface area (Å²) in [6.45, 7) is 4.84. The Morgan fingerprint density at radius 2 is 2.00 bits per heavy atom. The minimum atomic E-state index is 0.152. The molecule has 1 aliphatic carbocycles. The van der Waals surface area contributed by atoms with Crippen molar-refractivity contribution in [1.82, 2.24) is 9.80 Å². The van der Waals surface area contributed by atoms with E-state index in [1.165, 1.54) is 29.5 Å². The predicted octanol–water partition coefficient (Wildman–Crippen LogP) is 2.35. The SMILES string of the molecule is COc1cc2c(cc1CN1CCOC[C@H]1CC(=O)N1CCSCC1)CCC2. The molecule has 1 amide bonds. The molecular weight excluding hydrogens is 360 g/mol. The number of carbonyl (C=O) groups excluding carboxylic acids is 1. The smallest absolute Gasteiger partial charge is 0.224 e. The molecule has 3 aliphatic rings. The van der Waals surface area contributed by atoms with Gasteiger partial charge in [-0.25, -0.2) is 0 Å². The van der Waals surface area contributed by atoms with E-state index in [0.29, 0.717) is 13.0 Å². The number of hydrogen-bond acceptors (Lipinski definition) is 5. The van der Waals surface area contributed by atoms with Crippen molar-refractivity contribution in [2.24, 2.45) is 0 Å². The van der Waals surface area contributed by atoms with Crippen molar-refractivity contribution < 1.29 is 14.3 Å². The van der Waals surface area contributed by atoms with Crippen molar-refractivity contribution in [1.29, 1.82) is 0 Å². The number of amides is 1. The number of fused-ring (bicyclic) bond motifs is 1. The van der Waals surface area contributed by atoms with E-state index in [9.17, 15) is 4.79 Å². The van der Waals surface area contributed by atoms with Gasteiger partial charge in [0.2, 0.25) is 5.91 Å². The van der Waals surface area contributed by atoms with Gasteiger partial charge < -0.3 is 14.4 Å². The lowest BCUT2D eigenvalue weighted by molar-refractivity contribution is -0.134. The molecule has 0 N–H and O–H groups in total. The monoisotopic (exact) mass is 390 g/mol. The van der Waals surface area contributed by atoms with Gasteiger partial charge in [0.1, 0.15) is 5.75 Å². The average molecular weight is 391 g/mol. The quantitative estimate of drug-likeness (QED) is 0.772. The number of hydrogen-bond donors (Lipinski definition) is 0. The number of ether oxygens (including phenoxy) is 2. The molecule has 1 aromatic rings. The van der Waals surface area contributed by atoms with Gasteiger partial charge >= 0.3 is 0 Å². The first-order valence-corrected chi connectivity index (χ1v) is 11.3. The van der Waals surface area contributed by atoms with Crippen LogP contribution in [-0.4, -0.2) is 73.2 Å². The molecule has 2 heterocycles. The topological polar surface area (TPSA) is 42.0 Å². The Hall–Kier alpha value is -1.24. The van der Waals surface area contributed by atoms with Crippen LogP contribution in [0.5, 0.6) is 5.75 Å². The van der Waals surface area contributed by atoms with Crippen molar-refractivity contribution in [3.05, 3.63) is 28.8 Å². The Morgan fingerprint density at radius 3 is 2.78 bits per heavy atom. The summed E-state index contributed by atoms with van der Waals surface area (Å²) in [6.07, 6.45) is 4.13. The van der Waals surface area contributed by atoms with Gasteiger partial charge in [-0.05, 0) is 36.5 Å². The van der Waals surface area contributed by atoms with E-state index in [-0.39, 0.29) is 11.9 Å². The zero-order valence-corrected chi connectivity index (χ0v) is 17.1. The van der Waals surface area contributed by atoms with Gasteiger partial charge in [-0.3, -0.25) is 9.69 Å². The van der Waals surface area contributed by atoms with E-state index in [0.717, 1.165) is 56.5 Å². The number of aryl methyl sites for hydroxylation is 2. The fourth-order valence-corrected chi connectivity index (χ4v) is 5.32. The molecule has 2 saturated heterocycles. The molecule has 0 radical (unpaired) electrons. The number of rotatable bonds is 5. The maximum absolute atomic E-state index is 12.8. The fourth-order valence-electron chi connectivity index (χ4n) is 4.41. The first kappa shape index (κ1) is 19.1. The largest absolute Gasteiger partial charge is 0.496 e. The van der Waals surface area contributed by atoms with E-state index in [2.05, 4.69) is 17.0 Å². The summed E-state index contributed by atoms with van der Waals surface area (Å²) >= 11 is 1.94. The molecule has 4 rings (SSSR count). The van der Waals surface area contributed by atoms with Crippen LogP contribution in [0.2, 0.25) is 0 Å². The summed E-state index contributed by atoms with van der Waals surface area (Å²) in [5, 5.41) is 0. The highest BCUT2D eigenvalue weighted by molar-refractivity contribution is 7.99. The third kappa shape index (κ3) is 4.44. The Balaban J connectivity index is 1.45. The van der Waals surface area contributed by atoms with Gasteiger partial charge in [0.25, 0.3) is 0 Å². The Morgan fingerprint density at radius 1 is 1.22 bits per heavy atom. The Bertz CT molecular complexity index is 676. The average Bonchev–Trinajstić information content (AvgIpc) is 3.16. The van der Waals surface area contributed by atoms with E-state index >= 15 is 0 Å². The van der Waals surface area contributed by atoms with Crippen molar-refractivity contribution in [2.75, 3.05) is 51.5 Å². The highest BCUT2D eigenvalue weighted by Crippen LogP contribution is 2.31. The van der Waals surface area contributed by atoms with Crippen LogP contribution in [0.1, 0.15) is 29.5 Å². The number of carbonyl (C=O) groups is 1. The molecule has 5 nitrogen and oxygen atoms in total. The number of benzene rings is 1. The predicted molar refractivity (Wildman–Crippen MR) is 109 cm³/mol. The molecule has 0 spiro atoms. The van der Waals surface area contributed by atoms with Crippen LogP contribution >= 0.6 is 11.8 Å². The van der Waals surface area contributed by atoms with Crippen LogP contribution in [-0.2, 0) is 28.9 Å². The van der Waals surface area contributed by atoms with Gasteiger partial charge in [0.15, 0.2) is 0 Å². The molecule has 6 heteroatoms. The highest BCUT2D eigenvalue weighted by Gasteiger charge is 2.29. The second-order valence-corrected chi connectivity index (χ2v) is 8.91. The first-order valence-electron chi connectivity index (χ1n) is 10.1. The number of methoxy groups -OCH3 is 1. The summed E-state index contributed by atoms with van der Waals surface area (Å²) in [5.41, 5.74) is 4.15. The molecule has 27 heavy (non-hydrogen) atoms. The fraction of sp³-hybridized carbons (Fsp3) is 0.667. The maximum Gasteiger partial charge on any atom is 0.224 e. The molecule has 0 aromatic heterocycles. The lowest BCUT2D eigenvalue weighted by Crippen LogP contribution is -2.48. The van der Waals surface area contributed by atoms with Crippen LogP contribution in [0.3, 0.4) is 0 Å². The lowest BCUT2D eigenvalue weighted by Gasteiger charge is -2.37. The third-order valence-electron chi connectivity index (χ3n) is 5.99. The first-order chi connectivity index (χ1) is 13.2. The highest BCUT2D eigenvalue weighted by atomic mass is 32.2. The second-order valence-electron chi connectivity index (χ2n) is 7.68. The van der Waals surface area contributed by atoms with E-state index in [4.69, 9.17) is 9.47 Å². The summed E-state index contributed by atoms with van der Waals surface area (Å²) in [6, 6.07) is 4.71. The van der Waals surface area contributed by atoms with Gasteiger partial charge in [-0.1, -0.05) is 6.07 Å². The molecule has 148 valence electrons. The van der Waals surface area contributed by atoms with Gasteiger partial charge in [-0.15, -0.1) is 0 Å². The van der Waals surface area contributed by atoms with Crippen LogP contribution in [0.15, 0.2) is 12.1 Å². The third-order valence-corrected chi connectivity index (χ3v) is 6.93. The minimum Gasteiger partial charge on any atom is -0.496 e. The zero-order chi connectivity index (χ0) is 18.6. The van der Waals surface area contributed by atoms with Crippen LogP contribution < -0.4 is 4.74 Å². The van der Waals surface area contributed by atoms with Crippen molar-refractivity contribution in [3.63, 3.8) is 0 Å². The summed E-state index contributed by atoms with van der Waals surface area (Å²) < 4.78 is 11.4. The number of nitrogens with zero attached hydrogens (tertiary/aromatic N) is 2. The van der Waals surface area contributed by atoms with Crippen LogP contribution in [0, 0.1) is 0 Å². The van der Waals surface area contributed by atoms with Gasteiger partial charge in [0, 0.05) is 55.7 Å². The lowest BCUT2D eigenvalue weighted by atomic mass is 10.0. The molecule has 2 aliphatic heterocycles. The summed E-state index contributed by atoms with van der Waals surface area (Å²) in [5.74, 6) is 3.38. The minimum absolute atomic E-state index is 0.152. The van der Waals surface area contributed by atoms with Gasteiger partial charge in [-0.2, -0.15) is 11.8 Å². The van der Waals surface area contributed by atoms with E-state index in [1.807, 2.05) is 16.7 Å². The Labute approximate surface area is 166 Å². The molecule has 0 unspecified atom stereocenters. The molecule has 0 bridgehead atoms. The molecular formula is C21H30N2O3S. The van der Waals surface area contributed by atoms with Crippen molar-refractivity contribution in [2.45, 2.75) is 38.3 Å². The molecule has 1 aromatic carbocycles. The van der Waals surface area contributed by atoms with Crippen molar-refractivity contribution in [3.8, 4) is 5.75 Å². The standard InChI is InChI=1S/C21H30N2O3S/c1-25-20-12-17-4-2-3-16(17)11-18(20)14-23-5-8-26-15-19(23)13-21(24)22-6-9-27-10-7-22/h11-12,19H,2-10,13-15H2,1H3/t19-/m1/s1. The molecule has 0 saturated carbocycles. The zero-order valence-electron chi connectivity index (χ0n) is 16.2. The maximum atomic E-state index is 12.8. The van der Waals surface area contributed by atoms with E-state index in [1.54, 1.807) is 7.11 Å². The number of thioether (sulfide) groups is 1. The van der Waals surface area contributed by atoms with E-state index < -0.39 is 0 Å².